The predicted molar refractivity (Wildman–Crippen MR) is 185 cm³/mol. The molecule has 4 radical (unpaired) electrons. The summed E-state index contributed by atoms with van der Waals surface area (Å²) in [6, 6.07) is 29.8. The van der Waals surface area contributed by atoms with Crippen LogP contribution in [-0.4, -0.2) is 80.0 Å². The zero-order chi connectivity index (χ0) is 28.4. The summed E-state index contributed by atoms with van der Waals surface area (Å²) in [5.74, 6) is 3.35. The second-order valence-corrected chi connectivity index (χ2v) is 9.79. The van der Waals surface area contributed by atoms with Gasteiger partial charge in [-0.15, -0.1) is 0 Å². The average molecular weight is 643 g/mol. The topological polar surface area (TPSA) is 105 Å². The van der Waals surface area contributed by atoms with Gasteiger partial charge in [0.1, 0.15) is 0 Å². The minimum Gasteiger partial charge on any atom is -0.791 e. The van der Waals surface area contributed by atoms with E-state index in [-0.39, 0.29) is 17.6 Å². The molecule has 0 saturated carbocycles. The fourth-order valence-electron chi connectivity index (χ4n) is 4.27. The van der Waals surface area contributed by atoms with Crippen molar-refractivity contribution >= 4 is 76.1 Å². The van der Waals surface area contributed by atoms with E-state index in [2.05, 4.69) is 131 Å². The van der Waals surface area contributed by atoms with Crippen molar-refractivity contribution in [1.82, 2.24) is 0 Å². The number of aliphatic imine (C=N–C) groups is 2. The number of nitrogens with two attached hydrogens (primary N) is 2. The van der Waals surface area contributed by atoms with Crippen molar-refractivity contribution in [3.63, 3.8) is 0 Å². The molecule has 9 heteroatoms. The first-order valence-corrected chi connectivity index (χ1v) is 14.8. The van der Waals surface area contributed by atoms with Gasteiger partial charge in [0.25, 0.3) is 0 Å². The molecule has 6 rings (SSSR count). The van der Waals surface area contributed by atoms with Crippen molar-refractivity contribution in [2.45, 2.75) is 12.8 Å². The summed E-state index contributed by atoms with van der Waals surface area (Å²) >= 11 is 8.86. The van der Waals surface area contributed by atoms with Crippen LogP contribution in [0.25, 0.3) is 32.2 Å². The number of rotatable bonds is 6. The summed E-state index contributed by atoms with van der Waals surface area (Å²) in [6.45, 7) is 4.71. The zero-order valence-electron chi connectivity index (χ0n) is 23.4. The Morgan fingerprint density at radius 2 is 0.951 bits per heavy atom. The molecule has 0 spiro atoms. The summed E-state index contributed by atoms with van der Waals surface area (Å²) < 4.78 is 0. The summed E-state index contributed by atoms with van der Waals surface area (Å²) in [5, 5.41) is 14.0. The molecule has 2 aliphatic rings. The molecule has 2 heterocycles. The average Bonchev–Trinajstić information content (AvgIpc) is 3.73. The Kier molecular flexibility index (Phi) is 17.3. The number of nitrogens with zero attached hydrogens (tertiary/aromatic N) is 4. The fourth-order valence-corrected chi connectivity index (χ4v) is 4.27. The van der Waals surface area contributed by atoms with Crippen LogP contribution in [0.5, 0.6) is 0 Å². The van der Waals surface area contributed by atoms with Crippen LogP contribution in [0.3, 0.4) is 0 Å². The fraction of sp³-hybridized carbons (Fsp3) is 0.312. The van der Waals surface area contributed by atoms with Gasteiger partial charge in [-0.25, -0.2) is 0 Å². The van der Waals surface area contributed by atoms with Gasteiger partial charge in [-0.05, 0) is 58.6 Å². The quantitative estimate of drug-likeness (QED) is 0.230. The molecule has 41 heavy (non-hydrogen) atoms. The largest absolute Gasteiger partial charge is 0.791 e. The van der Waals surface area contributed by atoms with E-state index in [0.29, 0.717) is 24.6 Å². The van der Waals surface area contributed by atoms with E-state index in [1.807, 2.05) is 0 Å². The monoisotopic (exact) mass is 644 g/mol. The molecular formula is C32H38GeN6S2-4. The first-order chi connectivity index (χ1) is 19.7. The van der Waals surface area contributed by atoms with Crippen LogP contribution in [-0.2, 0) is 38.1 Å². The SMILES string of the molecule is NCC[S-].NCC[S-].[Ge].c1ccc2c(CC3=NCC[N-]3)cccc2c1.c1ccc2c(CC3=NCC[N-]3)cccc2c1. The van der Waals surface area contributed by atoms with Gasteiger partial charge in [-0.2, -0.15) is 11.5 Å². The maximum absolute atomic E-state index is 4.92. The van der Waals surface area contributed by atoms with Crippen molar-refractivity contribution in [1.29, 1.82) is 0 Å². The second kappa shape index (κ2) is 20.4. The van der Waals surface area contributed by atoms with Crippen LogP contribution < -0.4 is 11.5 Å². The van der Waals surface area contributed by atoms with Crippen LogP contribution in [0.1, 0.15) is 11.1 Å². The number of amidine groups is 2. The molecular weight excluding hydrogens is 605 g/mol. The van der Waals surface area contributed by atoms with Crippen molar-refractivity contribution in [3.8, 4) is 0 Å². The molecule has 4 N–H and O–H groups in total. The van der Waals surface area contributed by atoms with E-state index in [1.54, 1.807) is 0 Å². The summed E-state index contributed by atoms with van der Waals surface area (Å²) in [4.78, 5) is 8.78. The minimum absolute atomic E-state index is 0. The van der Waals surface area contributed by atoms with E-state index in [9.17, 15) is 0 Å². The third-order valence-corrected chi connectivity index (χ3v) is 6.54. The first kappa shape index (κ1) is 34.7. The molecule has 0 saturated heterocycles. The van der Waals surface area contributed by atoms with Gasteiger partial charge in [0, 0.05) is 17.6 Å². The van der Waals surface area contributed by atoms with Gasteiger partial charge in [-0.3, -0.25) is 0 Å². The number of fused-ring (bicyclic) bond motifs is 2. The molecule has 0 atom stereocenters. The number of benzene rings is 4. The molecule has 4 aromatic carbocycles. The Morgan fingerprint density at radius 3 is 1.29 bits per heavy atom. The molecule has 2 aliphatic heterocycles. The van der Waals surface area contributed by atoms with Crippen molar-refractivity contribution in [3.05, 3.63) is 107 Å². The third kappa shape index (κ3) is 11.7. The van der Waals surface area contributed by atoms with Crippen LogP contribution in [0, 0.1) is 0 Å². The van der Waals surface area contributed by atoms with Crippen LogP contribution in [0.15, 0.2) is 94.9 Å². The molecule has 0 amide bonds. The van der Waals surface area contributed by atoms with Crippen LogP contribution >= 0.6 is 0 Å². The first-order valence-electron chi connectivity index (χ1n) is 13.6. The second-order valence-electron chi connectivity index (χ2n) is 8.98. The maximum Gasteiger partial charge on any atom is 0 e. The van der Waals surface area contributed by atoms with Gasteiger partial charge >= 0.3 is 0 Å². The van der Waals surface area contributed by atoms with E-state index >= 15 is 0 Å². The number of hydrogen-bond acceptors (Lipinski definition) is 6. The molecule has 0 aromatic heterocycles. The van der Waals surface area contributed by atoms with E-state index in [0.717, 1.165) is 50.7 Å². The van der Waals surface area contributed by atoms with Crippen LogP contribution in [0.4, 0.5) is 0 Å². The standard InChI is InChI=1S/2C14H13N2.2C2H7NS.Ge/c2*1-2-7-13-11(4-1)5-3-6-12(13)10-14-15-8-9-16-14;2*3-1-2-4;/h2*1-7H,8-10H2;2*4H,1-3H2;/q2*-1;;;/p-2. The Bertz CT molecular complexity index is 1260. The smallest absolute Gasteiger partial charge is 0 e. The molecule has 0 fully saturated rings. The van der Waals surface area contributed by atoms with Gasteiger partial charge < -0.3 is 57.3 Å². The summed E-state index contributed by atoms with van der Waals surface area (Å²) in [5.41, 5.74) is 12.5. The Hall–Kier alpha value is -2.50. The zero-order valence-corrected chi connectivity index (χ0v) is 27.1. The van der Waals surface area contributed by atoms with Crippen molar-refractivity contribution in [2.75, 3.05) is 50.8 Å². The summed E-state index contributed by atoms with van der Waals surface area (Å²) in [7, 11) is 0. The third-order valence-electron chi connectivity index (χ3n) is 6.07. The van der Waals surface area contributed by atoms with Crippen molar-refractivity contribution in [2.24, 2.45) is 21.5 Å². The Labute approximate surface area is 266 Å². The summed E-state index contributed by atoms with van der Waals surface area (Å²) in [6.07, 6.45) is 1.72. The van der Waals surface area contributed by atoms with E-state index < -0.39 is 0 Å². The number of hydrogen-bond donors (Lipinski definition) is 2. The Balaban J connectivity index is 0.000000224. The molecule has 216 valence electrons. The van der Waals surface area contributed by atoms with Gasteiger partial charge in [0.2, 0.25) is 0 Å². The van der Waals surface area contributed by atoms with E-state index in [1.165, 1.54) is 32.7 Å². The van der Waals surface area contributed by atoms with Gasteiger partial charge in [0.15, 0.2) is 0 Å². The van der Waals surface area contributed by atoms with Crippen LogP contribution in [0.2, 0.25) is 0 Å². The van der Waals surface area contributed by atoms with Gasteiger partial charge in [0.05, 0.1) is 0 Å². The molecule has 4 aromatic rings. The van der Waals surface area contributed by atoms with E-state index in [4.69, 9.17) is 11.5 Å². The predicted octanol–water partition coefficient (Wildman–Crippen LogP) is 4.94. The van der Waals surface area contributed by atoms with Gasteiger partial charge in [-0.1, -0.05) is 123 Å². The minimum atomic E-state index is 0. The Morgan fingerprint density at radius 1 is 0.585 bits per heavy atom. The molecule has 0 bridgehead atoms. The molecule has 6 nitrogen and oxygen atoms in total. The van der Waals surface area contributed by atoms with Crippen molar-refractivity contribution < 1.29 is 0 Å². The molecule has 0 unspecified atom stereocenters. The maximum atomic E-state index is 4.92. The normalized spacial score (nSPS) is 13.1. The molecule has 0 aliphatic carbocycles.